The van der Waals surface area contributed by atoms with E-state index in [-0.39, 0.29) is 23.9 Å². The number of anilines is 1. The van der Waals surface area contributed by atoms with Gasteiger partial charge >= 0.3 is 0 Å². The third kappa shape index (κ3) is 1.89. The Balaban J connectivity index is 1.61. The Labute approximate surface area is 127 Å². The summed E-state index contributed by atoms with van der Waals surface area (Å²) in [5.74, 6) is -0.0454. The molecule has 2 atom stereocenters. The number of carbonyl (C=O) groups is 2. The predicted octanol–water partition coefficient (Wildman–Crippen LogP) is 0.825. The molecule has 1 N–H and O–H groups in total. The van der Waals surface area contributed by atoms with E-state index in [0.29, 0.717) is 18.7 Å². The molecule has 0 radical (unpaired) electrons. The van der Waals surface area contributed by atoms with Crippen molar-refractivity contribution in [2.75, 3.05) is 11.4 Å². The third-order valence-corrected chi connectivity index (χ3v) is 4.41. The number of carbonyl (C=O) groups excluding carboxylic acids is 2. The number of fused-ring (bicyclic) bond motifs is 1. The van der Waals surface area contributed by atoms with Crippen LogP contribution in [0.5, 0.6) is 0 Å². The fraction of sp³-hybridized carbons (Fsp3) is 0.333. The number of H-pyrrole nitrogens is 1. The number of aromatic amines is 1. The lowest BCUT2D eigenvalue weighted by Crippen LogP contribution is -2.40. The molecule has 2 aliphatic rings. The van der Waals surface area contributed by atoms with Crippen LogP contribution in [-0.2, 0) is 4.79 Å². The van der Waals surface area contributed by atoms with E-state index in [2.05, 4.69) is 15.0 Å². The van der Waals surface area contributed by atoms with Crippen molar-refractivity contribution in [2.24, 2.45) is 0 Å². The van der Waals surface area contributed by atoms with Gasteiger partial charge in [-0.05, 0) is 18.6 Å². The third-order valence-electron chi connectivity index (χ3n) is 4.41. The summed E-state index contributed by atoms with van der Waals surface area (Å²) < 4.78 is 0. The minimum absolute atomic E-state index is 0.0311. The van der Waals surface area contributed by atoms with E-state index >= 15 is 0 Å². The van der Waals surface area contributed by atoms with Gasteiger partial charge < -0.3 is 14.8 Å². The normalized spacial score (nSPS) is 23.9. The molecule has 0 aromatic carbocycles. The van der Waals surface area contributed by atoms with Crippen LogP contribution in [0.25, 0.3) is 0 Å². The molecule has 2 amide bonds. The summed E-state index contributed by atoms with van der Waals surface area (Å²) in [5, 5.41) is 0. The molecule has 0 aliphatic carbocycles. The predicted molar refractivity (Wildman–Crippen MR) is 78.2 cm³/mol. The average molecular weight is 297 g/mol. The zero-order valence-electron chi connectivity index (χ0n) is 11.8. The van der Waals surface area contributed by atoms with Crippen molar-refractivity contribution in [1.82, 2.24) is 19.9 Å². The number of likely N-dealkylation sites (tertiary alicyclic amines) is 1. The van der Waals surface area contributed by atoms with E-state index in [1.807, 2.05) is 12.1 Å². The van der Waals surface area contributed by atoms with Gasteiger partial charge in [-0.25, -0.2) is 4.98 Å². The summed E-state index contributed by atoms with van der Waals surface area (Å²) in [4.78, 5) is 39.3. The minimum Gasteiger partial charge on any atom is -0.341 e. The molecule has 2 fully saturated rings. The van der Waals surface area contributed by atoms with Crippen molar-refractivity contribution in [3.05, 3.63) is 42.7 Å². The lowest BCUT2D eigenvalue weighted by molar-refractivity contribution is -0.117. The molecule has 2 aromatic rings. The van der Waals surface area contributed by atoms with Gasteiger partial charge in [0.1, 0.15) is 5.69 Å². The second-order valence-electron chi connectivity index (χ2n) is 5.57. The van der Waals surface area contributed by atoms with Gasteiger partial charge in [0, 0.05) is 19.2 Å². The molecule has 4 heterocycles. The molecule has 7 heteroatoms. The van der Waals surface area contributed by atoms with Gasteiger partial charge in [-0.2, -0.15) is 0 Å². The maximum Gasteiger partial charge on any atom is 0.272 e. The monoisotopic (exact) mass is 297 g/mol. The molecule has 2 aliphatic heterocycles. The lowest BCUT2D eigenvalue weighted by atomic mass is 10.1. The van der Waals surface area contributed by atoms with E-state index in [0.717, 1.165) is 12.1 Å². The van der Waals surface area contributed by atoms with Crippen molar-refractivity contribution in [1.29, 1.82) is 0 Å². The van der Waals surface area contributed by atoms with Crippen LogP contribution >= 0.6 is 0 Å². The summed E-state index contributed by atoms with van der Waals surface area (Å²) in [5.41, 5.74) is 1.27. The number of hydrogen-bond donors (Lipinski definition) is 1. The van der Waals surface area contributed by atoms with Crippen LogP contribution < -0.4 is 4.90 Å². The smallest absolute Gasteiger partial charge is 0.272 e. The fourth-order valence-electron chi connectivity index (χ4n) is 3.46. The standard InChI is InChI=1S/C15H15N5O2/c21-14-6-13-12(20(14)10-2-1-4-16-7-10)3-5-19(13)15(22)11-8-17-9-18-11/h1-2,4,7-9,12-13H,3,5-6H2,(H,17,18). The molecule has 4 rings (SSSR count). The van der Waals surface area contributed by atoms with Crippen LogP contribution in [0.1, 0.15) is 23.3 Å². The first kappa shape index (κ1) is 13.0. The van der Waals surface area contributed by atoms with Crippen molar-refractivity contribution < 1.29 is 9.59 Å². The summed E-state index contributed by atoms with van der Waals surface area (Å²) in [6.07, 6.45) is 7.53. The number of amides is 2. The lowest BCUT2D eigenvalue weighted by Gasteiger charge is -2.25. The largest absolute Gasteiger partial charge is 0.341 e. The SMILES string of the molecule is O=C(c1cnc[nH]1)N1CCC2C1CC(=O)N2c1cccnc1. The molecule has 0 bridgehead atoms. The Morgan fingerprint density at radius 1 is 1.27 bits per heavy atom. The number of imidazole rings is 1. The summed E-state index contributed by atoms with van der Waals surface area (Å²) in [6.45, 7) is 0.650. The fourth-order valence-corrected chi connectivity index (χ4v) is 3.46. The van der Waals surface area contributed by atoms with Crippen LogP contribution in [0.3, 0.4) is 0 Å². The van der Waals surface area contributed by atoms with E-state index in [1.54, 1.807) is 22.2 Å². The molecule has 7 nitrogen and oxygen atoms in total. The maximum absolute atomic E-state index is 12.5. The van der Waals surface area contributed by atoms with Gasteiger partial charge in [0.15, 0.2) is 0 Å². The summed E-state index contributed by atoms with van der Waals surface area (Å²) >= 11 is 0. The highest BCUT2D eigenvalue weighted by Gasteiger charge is 2.49. The second kappa shape index (κ2) is 4.94. The maximum atomic E-state index is 12.5. The molecule has 0 spiro atoms. The number of nitrogens with one attached hydrogen (secondary N) is 1. The molecule has 0 saturated carbocycles. The number of nitrogens with zero attached hydrogens (tertiary/aromatic N) is 4. The van der Waals surface area contributed by atoms with Gasteiger partial charge in [-0.15, -0.1) is 0 Å². The topological polar surface area (TPSA) is 82.2 Å². The summed E-state index contributed by atoms with van der Waals surface area (Å²) in [7, 11) is 0. The zero-order valence-corrected chi connectivity index (χ0v) is 11.8. The zero-order chi connectivity index (χ0) is 15.1. The Hall–Kier alpha value is -2.70. The second-order valence-corrected chi connectivity index (χ2v) is 5.57. The first-order valence-corrected chi connectivity index (χ1v) is 7.27. The molecule has 22 heavy (non-hydrogen) atoms. The summed E-state index contributed by atoms with van der Waals surface area (Å²) in [6, 6.07) is 3.65. The number of aromatic nitrogens is 3. The van der Waals surface area contributed by atoms with E-state index in [1.165, 1.54) is 12.5 Å². The van der Waals surface area contributed by atoms with Crippen molar-refractivity contribution >= 4 is 17.5 Å². The average Bonchev–Trinajstić information content (AvgIpc) is 3.23. The van der Waals surface area contributed by atoms with Gasteiger partial charge in [-0.1, -0.05) is 0 Å². The highest BCUT2D eigenvalue weighted by Crippen LogP contribution is 2.36. The van der Waals surface area contributed by atoms with Gasteiger partial charge in [0.2, 0.25) is 5.91 Å². The van der Waals surface area contributed by atoms with Crippen molar-refractivity contribution in [2.45, 2.75) is 24.9 Å². The Kier molecular flexibility index (Phi) is 2.92. The Morgan fingerprint density at radius 3 is 2.91 bits per heavy atom. The van der Waals surface area contributed by atoms with Crippen LogP contribution in [-0.4, -0.2) is 50.3 Å². The van der Waals surface area contributed by atoms with Gasteiger partial charge in [0.25, 0.3) is 5.91 Å². The highest BCUT2D eigenvalue weighted by molar-refractivity contribution is 5.99. The number of rotatable bonds is 2. The van der Waals surface area contributed by atoms with E-state index < -0.39 is 0 Å². The molecule has 2 saturated heterocycles. The molecule has 2 aromatic heterocycles. The molecular weight excluding hydrogens is 282 g/mol. The van der Waals surface area contributed by atoms with Crippen LogP contribution in [0.2, 0.25) is 0 Å². The highest BCUT2D eigenvalue weighted by atomic mass is 16.2. The van der Waals surface area contributed by atoms with Crippen LogP contribution in [0, 0.1) is 0 Å². The molecule has 2 unspecified atom stereocenters. The van der Waals surface area contributed by atoms with E-state index in [9.17, 15) is 9.59 Å². The van der Waals surface area contributed by atoms with Gasteiger partial charge in [-0.3, -0.25) is 14.6 Å². The van der Waals surface area contributed by atoms with Crippen molar-refractivity contribution in [3.8, 4) is 0 Å². The van der Waals surface area contributed by atoms with Crippen LogP contribution in [0.4, 0.5) is 5.69 Å². The number of hydrogen-bond acceptors (Lipinski definition) is 4. The number of pyridine rings is 1. The van der Waals surface area contributed by atoms with Gasteiger partial charge in [0.05, 0.1) is 36.5 Å². The molecule has 112 valence electrons. The van der Waals surface area contributed by atoms with E-state index in [4.69, 9.17) is 0 Å². The Morgan fingerprint density at radius 2 is 2.18 bits per heavy atom. The molecular formula is C15H15N5O2. The quantitative estimate of drug-likeness (QED) is 0.890. The Bertz CT molecular complexity index is 700. The first-order valence-electron chi connectivity index (χ1n) is 7.27. The van der Waals surface area contributed by atoms with Crippen LogP contribution in [0.15, 0.2) is 37.1 Å². The van der Waals surface area contributed by atoms with Crippen molar-refractivity contribution in [3.63, 3.8) is 0 Å². The minimum atomic E-state index is -0.0918. The first-order chi connectivity index (χ1) is 10.8.